The molecule has 1 rings (SSSR count). The molecule has 0 saturated carbocycles. The summed E-state index contributed by atoms with van der Waals surface area (Å²) in [5.41, 5.74) is 0.637. The highest BCUT2D eigenvalue weighted by Crippen LogP contribution is 2.26. The molecular formula is C12H19NO4S2. The topological polar surface area (TPSA) is 86.5 Å². The van der Waals surface area contributed by atoms with Crippen LogP contribution in [0.1, 0.15) is 42.6 Å². The van der Waals surface area contributed by atoms with Gasteiger partial charge in [0.05, 0.1) is 12.2 Å². The van der Waals surface area contributed by atoms with Gasteiger partial charge in [-0.1, -0.05) is 20.3 Å². The SMILES string of the molecule is CCCC(C)COC(=O)c1csc(S(N)(=O)=O)c1C. The molecule has 1 heterocycles. The maximum absolute atomic E-state index is 11.9. The van der Waals surface area contributed by atoms with Crippen LogP contribution in [-0.2, 0) is 14.8 Å². The summed E-state index contributed by atoms with van der Waals surface area (Å²) in [6, 6.07) is 0. The van der Waals surface area contributed by atoms with E-state index in [1.54, 1.807) is 6.92 Å². The Labute approximate surface area is 117 Å². The molecule has 0 spiro atoms. The first-order valence-electron chi connectivity index (χ1n) is 6.05. The number of carbonyl (C=O) groups excluding carboxylic acids is 1. The Balaban J connectivity index is 2.77. The molecule has 19 heavy (non-hydrogen) atoms. The van der Waals surface area contributed by atoms with Crippen molar-refractivity contribution in [2.45, 2.75) is 37.8 Å². The van der Waals surface area contributed by atoms with E-state index in [0.29, 0.717) is 18.1 Å². The van der Waals surface area contributed by atoms with Crippen molar-refractivity contribution < 1.29 is 17.9 Å². The van der Waals surface area contributed by atoms with Crippen molar-refractivity contribution in [1.82, 2.24) is 0 Å². The number of esters is 1. The number of ether oxygens (including phenoxy) is 1. The summed E-state index contributed by atoms with van der Waals surface area (Å²) < 4.78 is 27.8. The number of rotatable bonds is 6. The molecule has 2 N–H and O–H groups in total. The number of hydrogen-bond donors (Lipinski definition) is 1. The molecule has 1 aromatic heterocycles. The minimum Gasteiger partial charge on any atom is -0.462 e. The van der Waals surface area contributed by atoms with Crippen LogP contribution in [0.2, 0.25) is 0 Å². The first kappa shape index (κ1) is 16.1. The zero-order valence-electron chi connectivity index (χ0n) is 11.3. The summed E-state index contributed by atoms with van der Waals surface area (Å²) in [7, 11) is -3.78. The van der Waals surface area contributed by atoms with Gasteiger partial charge in [-0.05, 0) is 24.8 Å². The second kappa shape index (κ2) is 6.49. The van der Waals surface area contributed by atoms with Crippen LogP contribution in [-0.4, -0.2) is 21.0 Å². The van der Waals surface area contributed by atoms with E-state index in [0.717, 1.165) is 24.2 Å². The predicted molar refractivity (Wildman–Crippen MR) is 74.8 cm³/mol. The van der Waals surface area contributed by atoms with Crippen LogP contribution in [0.5, 0.6) is 0 Å². The molecule has 0 radical (unpaired) electrons. The van der Waals surface area contributed by atoms with Gasteiger partial charge in [0.25, 0.3) is 0 Å². The van der Waals surface area contributed by atoms with E-state index in [1.165, 1.54) is 5.38 Å². The third-order valence-corrected chi connectivity index (χ3v) is 5.44. The molecule has 0 aliphatic heterocycles. The molecule has 1 aromatic rings. The predicted octanol–water partition coefficient (Wildman–Crippen LogP) is 2.30. The van der Waals surface area contributed by atoms with E-state index in [9.17, 15) is 13.2 Å². The van der Waals surface area contributed by atoms with Crippen molar-refractivity contribution in [2.75, 3.05) is 6.61 Å². The van der Waals surface area contributed by atoms with Crippen LogP contribution in [0.3, 0.4) is 0 Å². The van der Waals surface area contributed by atoms with Gasteiger partial charge in [-0.15, -0.1) is 11.3 Å². The fourth-order valence-corrected chi connectivity index (χ4v) is 3.75. The summed E-state index contributed by atoms with van der Waals surface area (Å²) in [5.74, 6) is -0.197. The first-order valence-corrected chi connectivity index (χ1v) is 8.48. The van der Waals surface area contributed by atoms with Gasteiger partial charge < -0.3 is 4.74 Å². The lowest BCUT2D eigenvalue weighted by Crippen LogP contribution is -2.14. The van der Waals surface area contributed by atoms with Gasteiger partial charge in [-0.2, -0.15) is 0 Å². The zero-order chi connectivity index (χ0) is 14.6. The third-order valence-electron chi connectivity index (χ3n) is 2.75. The van der Waals surface area contributed by atoms with Crippen molar-refractivity contribution in [1.29, 1.82) is 0 Å². The molecule has 0 aliphatic carbocycles. The Morgan fingerprint density at radius 1 is 1.53 bits per heavy atom. The molecule has 0 fully saturated rings. The highest BCUT2D eigenvalue weighted by atomic mass is 32.2. The average molecular weight is 305 g/mol. The van der Waals surface area contributed by atoms with Crippen molar-refractivity contribution in [3.63, 3.8) is 0 Å². The van der Waals surface area contributed by atoms with Crippen molar-refractivity contribution in [3.8, 4) is 0 Å². The van der Waals surface area contributed by atoms with Crippen molar-refractivity contribution in [2.24, 2.45) is 11.1 Å². The van der Waals surface area contributed by atoms with Gasteiger partial charge >= 0.3 is 5.97 Å². The third kappa shape index (κ3) is 4.29. The normalized spacial score (nSPS) is 13.3. The number of carbonyl (C=O) groups is 1. The average Bonchev–Trinajstić information content (AvgIpc) is 2.68. The molecule has 108 valence electrons. The fourth-order valence-electron chi connectivity index (χ4n) is 1.75. The first-order chi connectivity index (χ1) is 8.77. The number of hydrogen-bond acceptors (Lipinski definition) is 5. The summed E-state index contributed by atoms with van der Waals surface area (Å²) in [6.45, 7) is 5.97. The Bertz CT molecular complexity index is 548. The molecule has 1 unspecified atom stereocenters. The molecule has 1 atom stereocenters. The van der Waals surface area contributed by atoms with Gasteiger partial charge in [0.1, 0.15) is 4.21 Å². The van der Waals surface area contributed by atoms with Crippen molar-refractivity contribution >= 4 is 27.3 Å². The van der Waals surface area contributed by atoms with E-state index < -0.39 is 16.0 Å². The largest absolute Gasteiger partial charge is 0.462 e. The van der Waals surface area contributed by atoms with Crippen LogP contribution in [0.4, 0.5) is 0 Å². The standard InChI is InChI=1S/C12H19NO4S2/c1-4-5-8(2)6-17-11(14)10-7-18-12(9(10)3)19(13,15)16/h7-8H,4-6H2,1-3H3,(H2,13,15,16). The highest BCUT2D eigenvalue weighted by molar-refractivity contribution is 7.91. The Morgan fingerprint density at radius 3 is 2.63 bits per heavy atom. The van der Waals surface area contributed by atoms with Gasteiger partial charge in [-0.25, -0.2) is 18.4 Å². The van der Waals surface area contributed by atoms with Gasteiger partial charge in [0.15, 0.2) is 0 Å². The van der Waals surface area contributed by atoms with Crippen LogP contribution >= 0.6 is 11.3 Å². The summed E-state index contributed by atoms with van der Waals surface area (Å²) in [4.78, 5) is 11.9. The van der Waals surface area contributed by atoms with Gasteiger partial charge in [-0.3, -0.25) is 0 Å². The molecular weight excluding hydrogens is 286 g/mol. The molecule has 5 nitrogen and oxygen atoms in total. The Kier molecular flexibility index (Phi) is 5.51. The van der Waals surface area contributed by atoms with Gasteiger partial charge in [0.2, 0.25) is 10.0 Å². The maximum Gasteiger partial charge on any atom is 0.339 e. The number of nitrogens with two attached hydrogens (primary N) is 1. The summed E-state index contributed by atoms with van der Waals surface area (Å²) in [5, 5.41) is 6.54. The van der Waals surface area contributed by atoms with Crippen molar-refractivity contribution in [3.05, 3.63) is 16.5 Å². The zero-order valence-corrected chi connectivity index (χ0v) is 12.9. The molecule has 0 bridgehead atoms. The van der Waals surface area contributed by atoms with E-state index in [-0.39, 0.29) is 9.77 Å². The van der Waals surface area contributed by atoms with E-state index in [1.807, 2.05) is 6.92 Å². The summed E-state index contributed by atoms with van der Waals surface area (Å²) in [6.07, 6.45) is 2.02. The quantitative estimate of drug-likeness (QED) is 0.817. The van der Waals surface area contributed by atoms with Crippen LogP contribution in [0.25, 0.3) is 0 Å². The van der Waals surface area contributed by atoms with E-state index in [4.69, 9.17) is 9.88 Å². The lowest BCUT2D eigenvalue weighted by atomic mass is 10.1. The number of sulfonamides is 1. The maximum atomic E-state index is 11.9. The number of primary sulfonamides is 1. The smallest absolute Gasteiger partial charge is 0.339 e. The monoisotopic (exact) mass is 305 g/mol. The van der Waals surface area contributed by atoms with Crippen LogP contribution in [0.15, 0.2) is 9.59 Å². The van der Waals surface area contributed by atoms with E-state index in [2.05, 4.69) is 6.92 Å². The molecule has 7 heteroatoms. The molecule has 0 aliphatic rings. The second-order valence-corrected chi connectivity index (χ2v) is 7.24. The fraction of sp³-hybridized carbons (Fsp3) is 0.583. The highest BCUT2D eigenvalue weighted by Gasteiger charge is 2.22. The summed E-state index contributed by atoms with van der Waals surface area (Å²) >= 11 is 0.942. The van der Waals surface area contributed by atoms with Crippen LogP contribution < -0.4 is 5.14 Å². The number of thiophene rings is 1. The van der Waals surface area contributed by atoms with Crippen LogP contribution in [0, 0.1) is 12.8 Å². The molecule has 0 aromatic carbocycles. The Morgan fingerprint density at radius 2 is 2.16 bits per heavy atom. The van der Waals surface area contributed by atoms with E-state index >= 15 is 0 Å². The van der Waals surface area contributed by atoms with Gasteiger partial charge in [0, 0.05) is 5.38 Å². The Hall–Kier alpha value is -0.920. The minimum absolute atomic E-state index is 0.0149. The molecule has 0 amide bonds. The lowest BCUT2D eigenvalue weighted by Gasteiger charge is -2.10. The second-order valence-electron chi connectivity index (χ2n) is 4.60. The lowest BCUT2D eigenvalue weighted by molar-refractivity contribution is 0.0443. The molecule has 0 saturated heterocycles. The minimum atomic E-state index is -3.78.